The quantitative estimate of drug-likeness (QED) is 0.123. The fourth-order valence-corrected chi connectivity index (χ4v) is 9.24. The fourth-order valence-electron chi connectivity index (χ4n) is 7.07. The van der Waals surface area contributed by atoms with Crippen molar-refractivity contribution in [2.75, 3.05) is 0 Å². The van der Waals surface area contributed by atoms with Gasteiger partial charge in [-0.15, -0.1) is 18.2 Å². The Hall–Kier alpha value is -4.09. The molecule has 2 aromatic heterocycles. The standard InChI is InChI=1S/C32H28NO.C15H18GeN.Ir/c1-19(2)21-13-9-14-22(20(3)4)29(21)30-25-12-5-7-17-27(25)33-31(30)26-16-10-15-24-23-11-6-8-18-28(23)34-32(24)26;1-12-5-7-13(8-6-12)15-10-9-14(11-17-15)16(2,3)4;/h5-15,17-20,30H,1-4H3;5-7,9-11H,1-4H3;/q2*-1;/i;1D3;. The van der Waals surface area contributed by atoms with Gasteiger partial charge in [-0.1, -0.05) is 93.2 Å². The van der Waals surface area contributed by atoms with Crippen LogP contribution in [-0.4, -0.2) is 24.0 Å². The van der Waals surface area contributed by atoms with Gasteiger partial charge in [0.1, 0.15) is 5.58 Å². The molecule has 8 rings (SSSR count). The molecular weight excluding hydrogens is 873 g/mol. The number of pyridine rings is 1. The van der Waals surface area contributed by atoms with Gasteiger partial charge in [-0.3, -0.25) is 4.99 Å². The number of rotatable bonds is 6. The van der Waals surface area contributed by atoms with Crippen molar-refractivity contribution in [2.24, 2.45) is 4.99 Å². The first-order valence-electron chi connectivity index (χ1n) is 19.3. The third-order valence-corrected chi connectivity index (χ3v) is 14.0. The van der Waals surface area contributed by atoms with Crippen LogP contribution in [-0.2, 0) is 20.1 Å². The van der Waals surface area contributed by atoms with Crippen molar-refractivity contribution in [3.63, 3.8) is 0 Å². The first-order chi connectivity index (χ1) is 25.7. The minimum atomic E-state index is -2.08. The number of para-hydroxylation sites is 2. The van der Waals surface area contributed by atoms with Gasteiger partial charge in [0.25, 0.3) is 0 Å². The SMILES string of the molecule is CC(C)c1cccc(C(C)C)c1C1C(c2[c-]ccc3c2oc2ccccc23)=Nc2ccccc21.[2H]C([2H])([2H])c1c[c-]c(-c2cc[c]([Ge]([CH3])([CH3])[CH3])cn2)cc1.[Ir]. The van der Waals surface area contributed by atoms with Gasteiger partial charge in [0.2, 0.25) is 0 Å². The van der Waals surface area contributed by atoms with Crippen molar-refractivity contribution in [3.05, 3.63) is 161 Å². The molecule has 0 amide bonds. The number of fused-ring (bicyclic) bond motifs is 4. The second-order valence-electron chi connectivity index (χ2n) is 15.0. The fraction of sp³-hybridized carbons (Fsp3) is 0.234. The Kier molecular flexibility index (Phi) is 10.0. The summed E-state index contributed by atoms with van der Waals surface area (Å²) in [5.74, 6) is 7.85. The van der Waals surface area contributed by atoms with Gasteiger partial charge in [-0.05, 0) is 51.9 Å². The molecule has 7 aromatic rings. The first-order valence-corrected chi connectivity index (χ1v) is 25.2. The maximum Gasteiger partial charge on any atom is 0 e. The molecule has 0 spiro atoms. The number of furan rings is 1. The molecule has 1 atom stereocenters. The molecule has 265 valence electrons. The molecule has 0 N–H and O–H groups in total. The van der Waals surface area contributed by atoms with Gasteiger partial charge in [-0.2, -0.15) is 0 Å². The second-order valence-corrected chi connectivity index (χ2v) is 25.7. The summed E-state index contributed by atoms with van der Waals surface area (Å²) in [5, 5.41) is 2.24. The van der Waals surface area contributed by atoms with Gasteiger partial charge in [-0.25, -0.2) is 0 Å². The van der Waals surface area contributed by atoms with E-state index >= 15 is 0 Å². The number of aliphatic imine (C=N–C) groups is 1. The Balaban J connectivity index is 0.000000211. The monoisotopic (exact) mass is 924 g/mol. The van der Waals surface area contributed by atoms with Gasteiger partial charge in [0.05, 0.1) is 11.3 Å². The summed E-state index contributed by atoms with van der Waals surface area (Å²) in [5.41, 5.74) is 12.2. The molecular formula is C47H46GeIrN2O-2. The van der Waals surface area contributed by atoms with Crippen LogP contribution in [0.3, 0.4) is 0 Å². The number of aromatic nitrogens is 1. The molecule has 3 heterocycles. The van der Waals surface area contributed by atoms with E-state index in [9.17, 15) is 0 Å². The van der Waals surface area contributed by atoms with E-state index in [0.29, 0.717) is 17.4 Å². The predicted octanol–water partition coefficient (Wildman–Crippen LogP) is 12.3. The van der Waals surface area contributed by atoms with Crippen molar-refractivity contribution in [1.29, 1.82) is 0 Å². The van der Waals surface area contributed by atoms with Crippen LogP contribution in [0.25, 0.3) is 33.2 Å². The maximum atomic E-state index is 7.35. The zero-order chi connectivity index (χ0) is 38.4. The molecule has 5 aromatic carbocycles. The average molecular weight is 923 g/mol. The van der Waals surface area contributed by atoms with Crippen LogP contribution < -0.4 is 4.40 Å². The smallest absolute Gasteiger partial charge is 0 e. The maximum absolute atomic E-state index is 7.35. The zero-order valence-corrected chi connectivity index (χ0v) is 35.3. The molecule has 1 unspecified atom stereocenters. The molecule has 1 aliphatic heterocycles. The molecule has 0 saturated heterocycles. The van der Waals surface area contributed by atoms with E-state index in [1.54, 1.807) is 12.1 Å². The summed E-state index contributed by atoms with van der Waals surface area (Å²) < 4.78 is 29.8. The summed E-state index contributed by atoms with van der Waals surface area (Å²) in [4.78, 5) is 9.71. The summed E-state index contributed by atoms with van der Waals surface area (Å²) in [6.45, 7) is 7.06. The summed E-state index contributed by atoms with van der Waals surface area (Å²) >= 11 is -1.83. The van der Waals surface area contributed by atoms with Gasteiger partial charge >= 0.3 is 110 Å². The Labute approximate surface area is 329 Å². The number of nitrogens with zero attached hydrogens (tertiary/aromatic N) is 2. The third-order valence-electron chi connectivity index (χ3n) is 9.78. The van der Waals surface area contributed by atoms with E-state index in [4.69, 9.17) is 13.5 Å². The summed E-state index contributed by atoms with van der Waals surface area (Å²) in [7, 11) is 0. The Morgan fingerprint density at radius 1 is 0.769 bits per heavy atom. The van der Waals surface area contributed by atoms with Crippen LogP contribution in [0.15, 0.2) is 125 Å². The number of hydrogen-bond acceptors (Lipinski definition) is 3. The van der Waals surface area contributed by atoms with E-state index in [2.05, 4.69) is 129 Å². The van der Waals surface area contributed by atoms with Crippen LogP contribution >= 0.6 is 0 Å². The van der Waals surface area contributed by atoms with E-state index in [0.717, 1.165) is 50.2 Å². The molecule has 0 bridgehead atoms. The molecule has 3 nitrogen and oxygen atoms in total. The van der Waals surface area contributed by atoms with Gasteiger partial charge in [0.15, 0.2) is 0 Å². The summed E-state index contributed by atoms with van der Waals surface area (Å²) in [6, 6.07) is 43.3. The zero-order valence-electron chi connectivity index (χ0n) is 33.8. The van der Waals surface area contributed by atoms with E-state index in [-0.39, 0.29) is 26.0 Å². The normalized spacial score (nSPS) is 15.0. The molecule has 1 aliphatic rings. The van der Waals surface area contributed by atoms with Gasteiger partial charge < -0.3 is 4.42 Å². The average Bonchev–Trinajstić information content (AvgIpc) is 3.73. The third kappa shape index (κ3) is 7.39. The van der Waals surface area contributed by atoms with Crippen LogP contribution in [0.5, 0.6) is 0 Å². The minimum absolute atomic E-state index is 0. The van der Waals surface area contributed by atoms with Crippen molar-refractivity contribution in [2.45, 2.75) is 69.6 Å². The number of benzene rings is 5. The largest absolute Gasteiger partial charge is 0 e. The van der Waals surface area contributed by atoms with E-state index < -0.39 is 20.1 Å². The first kappa shape index (κ1) is 33.7. The predicted molar refractivity (Wildman–Crippen MR) is 218 cm³/mol. The second kappa shape index (κ2) is 15.5. The van der Waals surface area contributed by atoms with Crippen molar-refractivity contribution >= 4 is 51.0 Å². The molecule has 1 radical (unpaired) electrons. The molecule has 0 aliphatic carbocycles. The Morgan fingerprint density at radius 3 is 2.15 bits per heavy atom. The molecule has 0 saturated carbocycles. The number of hydrogen-bond donors (Lipinski definition) is 0. The number of aryl methyl sites for hydroxylation is 1. The summed E-state index contributed by atoms with van der Waals surface area (Å²) in [6.07, 6.45) is 1.95. The van der Waals surface area contributed by atoms with E-state index in [1.165, 1.54) is 32.7 Å². The van der Waals surface area contributed by atoms with Crippen LogP contribution in [0.2, 0.25) is 17.3 Å². The van der Waals surface area contributed by atoms with Gasteiger partial charge in [0, 0.05) is 31.4 Å². The minimum Gasteiger partial charge on any atom is 0 e. The van der Waals surface area contributed by atoms with E-state index in [1.807, 2.05) is 30.5 Å². The van der Waals surface area contributed by atoms with Crippen LogP contribution in [0, 0.1) is 19.0 Å². The van der Waals surface area contributed by atoms with Crippen LogP contribution in [0.4, 0.5) is 5.69 Å². The van der Waals surface area contributed by atoms with Crippen LogP contribution in [0.1, 0.15) is 82.9 Å². The molecule has 5 heteroatoms. The molecule has 0 fully saturated rings. The van der Waals surface area contributed by atoms with Crippen molar-refractivity contribution in [3.8, 4) is 11.3 Å². The van der Waals surface area contributed by atoms with Crippen molar-refractivity contribution in [1.82, 2.24) is 4.98 Å². The van der Waals surface area contributed by atoms with Crippen molar-refractivity contribution < 1.29 is 28.6 Å². The Bertz CT molecular complexity index is 2400. The topological polar surface area (TPSA) is 38.4 Å². The Morgan fingerprint density at radius 2 is 1.50 bits per heavy atom. The molecule has 52 heavy (non-hydrogen) atoms.